The highest BCUT2D eigenvalue weighted by atomic mass is 32.2. The number of hydrogen-bond acceptors (Lipinski definition) is 6. The Kier molecular flexibility index (Phi) is 12.9. The van der Waals surface area contributed by atoms with Crippen molar-refractivity contribution in [3.05, 3.63) is 0 Å². The van der Waals surface area contributed by atoms with Gasteiger partial charge in [0, 0.05) is 25.1 Å². The summed E-state index contributed by atoms with van der Waals surface area (Å²) >= 11 is 0. The van der Waals surface area contributed by atoms with E-state index in [9.17, 15) is 110 Å². The van der Waals surface area contributed by atoms with Crippen molar-refractivity contribution < 1.29 is 119 Å². The summed E-state index contributed by atoms with van der Waals surface area (Å²) < 4.78 is 313. The zero-order valence-corrected chi connectivity index (χ0v) is 25.4. The fraction of sp³-hybridized carbons (Fsp3) is 0.947. The Morgan fingerprint density at radius 2 is 0.939 bits per heavy atom. The molecule has 9 nitrogen and oxygen atoms in total. The van der Waals surface area contributed by atoms with E-state index in [0.29, 0.717) is 0 Å². The van der Waals surface area contributed by atoms with Crippen LogP contribution < -0.4 is 0 Å². The Bertz CT molecular complexity index is 1410. The number of halogens is 19. The predicted molar refractivity (Wildman–Crippen MR) is 119 cm³/mol. The molecule has 0 saturated heterocycles. The number of nitrogens with zero attached hydrogens (tertiary/aromatic N) is 2. The van der Waals surface area contributed by atoms with E-state index < -0.39 is 126 Å². The van der Waals surface area contributed by atoms with Gasteiger partial charge in [0.25, 0.3) is 10.0 Å². The van der Waals surface area contributed by atoms with Crippen LogP contribution in [-0.2, 0) is 24.9 Å². The summed E-state index contributed by atoms with van der Waals surface area (Å²) in [4.78, 5) is 11.0. The molecule has 0 aromatic rings. The minimum atomic E-state index is -9.28. The molecule has 1 N–H and O–H groups in total. The standard InChI is InChI=1S/C19H21F19N2O7S2/c1-40(2,7-4-8-48(43,44)45)6-3-5-39(9-10(41)42)49(46,47)19(37,38)17(32,33)15(28,29)13(24,25)11(20,21)12(22,23)14(26,27)16(30,31)18(34,35)36/h3-9H2,1-2H3,(H-,41,42,43,44,45). The normalized spacial score (nSPS) is 16.0. The lowest BCUT2D eigenvalue weighted by atomic mass is 9.89. The van der Waals surface area contributed by atoms with Gasteiger partial charge < -0.3 is 14.1 Å². The number of hydrogen-bond donors (Lipinski definition) is 1. The smallest absolute Gasteiger partial charge is 0.460 e. The fourth-order valence-electron chi connectivity index (χ4n) is 3.56. The van der Waals surface area contributed by atoms with Crippen molar-refractivity contribution in [1.29, 1.82) is 0 Å². The summed E-state index contributed by atoms with van der Waals surface area (Å²) in [5.41, 5.74) is 0. The van der Waals surface area contributed by atoms with E-state index in [-0.39, 0.29) is 6.54 Å². The Balaban J connectivity index is 6.89. The van der Waals surface area contributed by atoms with Gasteiger partial charge in [0.15, 0.2) is 0 Å². The first-order valence-corrected chi connectivity index (χ1v) is 15.1. The molecule has 0 amide bonds. The van der Waals surface area contributed by atoms with Gasteiger partial charge in [-0.1, -0.05) is 0 Å². The van der Waals surface area contributed by atoms with Crippen LogP contribution in [0.25, 0.3) is 0 Å². The molecule has 0 atom stereocenters. The largest absolute Gasteiger partial charge is 0.748 e. The van der Waals surface area contributed by atoms with Crippen LogP contribution in [0.3, 0.4) is 0 Å². The van der Waals surface area contributed by atoms with E-state index in [1.165, 1.54) is 0 Å². The van der Waals surface area contributed by atoms with Crippen molar-refractivity contribution in [3.63, 3.8) is 0 Å². The molecule has 30 heteroatoms. The first-order valence-electron chi connectivity index (χ1n) is 12.0. The zero-order valence-electron chi connectivity index (χ0n) is 23.7. The van der Waals surface area contributed by atoms with E-state index in [1.807, 2.05) is 0 Å². The highest BCUT2D eigenvalue weighted by Crippen LogP contribution is 2.65. The van der Waals surface area contributed by atoms with Gasteiger partial charge >= 0.3 is 58.9 Å². The SMILES string of the molecule is C[N+](C)(CCCN(CC(=O)O)S(=O)(=O)C(F)(F)C(F)(F)C(F)(F)C(F)(F)C(F)(F)C(F)(F)C(F)(F)C(F)(F)C(F)(F)F)CCCS(=O)(=O)[O-]. The molecular weight excluding hydrogens is 793 g/mol. The molecule has 0 aromatic carbocycles. The van der Waals surface area contributed by atoms with Crippen LogP contribution in [0.4, 0.5) is 83.4 Å². The minimum absolute atomic E-state index is 0.324. The quantitative estimate of drug-likeness (QED) is 0.114. The number of carbonyl (C=O) groups is 1. The Morgan fingerprint density at radius 1 is 0.612 bits per heavy atom. The first-order chi connectivity index (χ1) is 21.0. The first kappa shape index (κ1) is 46.9. The molecule has 0 heterocycles. The van der Waals surface area contributed by atoms with Gasteiger partial charge in [-0.05, 0) is 0 Å². The monoisotopic (exact) mass is 814 g/mol. The summed E-state index contributed by atoms with van der Waals surface area (Å²) in [6, 6.07) is 0. The summed E-state index contributed by atoms with van der Waals surface area (Å²) in [7, 11) is -10.4. The molecule has 0 aliphatic heterocycles. The summed E-state index contributed by atoms with van der Waals surface area (Å²) in [6.07, 6.45) is -9.52. The van der Waals surface area contributed by atoms with Gasteiger partial charge in [-0.25, -0.2) is 16.8 Å². The Labute approximate surface area is 262 Å². The Morgan fingerprint density at radius 3 is 1.27 bits per heavy atom. The van der Waals surface area contributed by atoms with E-state index in [0.717, 1.165) is 14.1 Å². The number of carboxylic acid groups (broad SMARTS) is 1. The van der Waals surface area contributed by atoms with E-state index >= 15 is 0 Å². The van der Waals surface area contributed by atoms with E-state index in [2.05, 4.69) is 0 Å². The number of aliphatic carboxylic acids is 1. The second-order valence-electron chi connectivity index (χ2n) is 10.6. The van der Waals surface area contributed by atoms with E-state index in [1.54, 1.807) is 0 Å². The maximum absolute atomic E-state index is 14.6. The van der Waals surface area contributed by atoms with Crippen LogP contribution in [-0.4, -0.2) is 140 Å². The van der Waals surface area contributed by atoms with Gasteiger partial charge in [-0.15, -0.1) is 0 Å². The summed E-state index contributed by atoms with van der Waals surface area (Å²) in [6.45, 7) is -5.18. The van der Waals surface area contributed by atoms with Crippen molar-refractivity contribution in [1.82, 2.24) is 4.31 Å². The number of sulfonamides is 1. The van der Waals surface area contributed by atoms with Crippen molar-refractivity contribution in [2.24, 2.45) is 0 Å². The third-order valence-corrected chi connectivity index (χ3v) is 9.08. The molecule has 49 heavy (non-hydrogen) atoms. The second kappa shape index (κ2) is 13.5. The highest BCUT2D eigenvalue weighted by molar-refractivity contribution is 7.90. The lowest BCUT2D eigenvalue weighted by Gasteiger charge is -2.43. The topological polar surface area (TPSA) is 132 Å². The third-order valence-electron chi connectivity index (χ3n) is 6.39. The fourth-order valence-corrected chi connectivity index (χ4v) is 5.47. The molecule has 0 unspecified atom stereocenters. The van der Waals surface area contributed by atoms with Crippen molar-refractivity contribution in [2.75, 3.05) is 46.0 Å². The van der Waals surface area contributed by atoms with Crippen molar-refractivity contribution in [3.8, 4) is 0 Å². The molecule has 0 spiro atoms. The summed E-state index contributed by atoms with van der Waals surface area (Å²) in [5.74, 6) is -66.6. The van der Waals surface area contributed by atoms with E-state index in [4.69, 9.17) is 5.11 Å². The molecule has 0 aliphatic carbocycles. The molecule has 0 fully saturated rings. The maximum atomic E-state index is 14.6. The molecule has 0 bridgehead atoms. The minimum Gasteiger partial charge on any atom is -0.748 e. The highest BCUT2D eigenvalue weighted by Gasteiger charge is 2.97. The van der Waals surface area contributed by atoms with Crippen LogP contribution in [0.2, 0.25) is 0 Å². The van der Waals surface area contributed by atoms with Gasteiger partial charge in [-0.2, -0.15) is 87.7 Å². The molecule has 0 aliphatic rings. The van der Waals surface area contributed by atoms with Gasteiger partial charge in [0.2, 0.25) is 0 Å². The maximum Gasteiger partial charge on any atom is 0.460 e. The van der Waals surface area contributed by atoms with Gasteiger partial charge in [0.05, 0.1) is 37.3 Å². The van der Waals surface area contributed by atoms with Crippen molar-refractivity contribution in [2.45, 2.75) is 65.7 Å². The van der Waals surface area contributed by atoms with Crippen LogP contribution in [0.15, 0.2) is 0 Å². The number of rotatable bonds is 19. The molecule has 0 aromatic heterocycles. The van der Waals surface area contributed by atoms with Gasteiger partial charge in [0.1, 0.15) is 6.54 Å². The molecular formula is C19H21F19N2O7S2. The Hall–Kier alpha value is -2.08. The predicted octanol–water partition coefficient (Wildman–Crippen LogP) is 4.71. The van der Waals surface area contributed by atoms with Crippen LogP contribution in [0.5, 0.6) is 0 Å². The second-order valence-corrected chi connectivity index (χ2v) is 14.1. The van der Waals surface area contributed by atoms with Gasteiger partial charge in [-0.3, -0.25) is 4.79 Å². The average molecular weight is 814 g/mol. The van der Waals surface area contributed by atoms with Crippen molar-refractivity contribution >= 4 is 26.1 Å². The number of alkyl halides is 19. The van der Waals surface area contributed by atoms with Crippen LogP contribution in [0, 0.1) is 0 Å². The molecule has 0 rings (SSSR count). The molecule has 0 saturated carbocycles. The average Bonchev–Trinajstić information content (AvgIpc) is 2.85. The molecule has 294 valence electrons. The van der Waals surface area contributed by atoms with Crippen LogP contribution >= 0.6 is 0 Å². The summed E-state index contributed by atoms with van der Waals surface area (Å²) in [5, 5.41) is 0.731. The lowest BCUT2D eigenvalue weighted by molar-refractivity contribution is -0.890. The number of carboxylic acids is 1. The van der Waals surface area contributed by atoms with Crippen LogP contribution in [0.1, 0.15) is 12.8 Å². The molecule has 0 radical (unpaired) electrons. The third kappa shape index (κ3) is 8.20. The number of quaternary nitrogens is 1. The lowest BCUT2D eigenvalue weighted by Crippen LogP contribution is -2.76. The zero-order chi connectivity index (χ0) is 40.1.